The van der Waals surface area contributed by atoms with Crippen LogP contribution in [0.4, 0.5) is 16.2 Å². The van der Waals surface area contributed by atoms with Crippen LogP contribution in [0.25, 0.3) is 0 Å². The van der Waals surface area contributed by atoms with E-state index in [-0.39, 0.29) is 0 Å². The number of para-hydroxylation sites is 1. The van der Waals surface area contributed by atoms with E-state index in [1.54, 1.807) is 6.07 Å². The number of rotatable bonds is 4. The molecular formula is C19H21N3O2. The van der Waals surface area contributed by atoms with Crippen molar-refractivity contribution in [3.05, 3.63) is 59.7 Å². The van der Waals surface area contributed by atoms with Gasteiger partial charge in [-0.3, -0.25) is 0 Å². The van der Waals surface area contributed by atoms with Crippen LogP contribution in [0.5, 0.6) is 0 Å². The van der Waals surface area contributed by atoms with Gasteiger partial charge in [-0.1, -0.05) is 24.3 Å². The number of hydrogen-bond acceptors (Lipinski definition) is 4. The molecule has 0 spiro atoms. The summed E-state index contributed by atoms with van der Waals surface area (Å²) in [6, 6.07) is 17.1. The van der Waals surface area contributed by atoms with Gasteiger partial charge in [0.25, 0.3) is 0 Å². The first-order chi connectivity index (χ1) is 11.4. The molecule has 0 fully saturated rings. The molecule has 0 radical (unpaired) electrons. The van der Waals surface area contributed by atoms with Gasteiger partial charge in [0.1, 0.15) is 11.7 Å². The summed E-state index contributed by atoms with van der Waals surface area (Å²) in [5, 5.41) is 15.0. The SMILES string of the molecule is CC(C)(C)OC(=O)NCc1ccc(Nc2ccccc2C#N)cc1. The summed E-state index contributed by atoms with van der Waals surface area (Å²) < 4.78 is 5.19. The number of alkyl carbamates (subject to hydrolysis) is 1. The number of carbonyl (C=O) groups excluding carboxylic acids is 1. The molecule has 0 aromatic heterocycles. The molecule has 0 aliphatic heterocycles. The molecule has 5 heteroatoms. The van der Waals surface area contributed by atoms with E-state index in [0.717, 1.165) is 16.9 Å². The number of amides is 1. The number of ether oxygens (including phenoxy) is 1. The third-order valence-electron chi connectivity index (χ3n) is 3.12. The minimum atomic E-state index is -0.508. The molecule has 1 amide bonds. The van der Waals surface area contributed by atoms with Crippen molar-refractivity contribution in [1.82, 2.24) is 5.32 Å². The molecule has 0 atom stereocenters. The molecule has 2 aromatic carbocycles. The van der Waals surface area contributed by atoms with E-state index in [4.69, 9.17) is 10.00 Å². The lowest BCUT2D eigenvalue weighted by molar-refractivity contribution is 0.0523. The van der Waals surface area contributed by atoms with Crippen molar-refractivity contribution in [3.63, 3.8) is 0 Å². The molecule has 2 rings (SSSR count). The predicted molar refractivity (Wildman–Crippen MR) is 94.0 cm³/mol. The van der Waals surface area contributed by atoms with E-state index < -0.39 is 11.7 Å². The fourth-order valence-electron chi connectivity index (χ4n) is 2.04. The second kappa shape index (κ2) is 7.51. The van der Waals surface area contributed by atoms with Crippen LogP contribution in [-0.2, 0) is 11.3 Å². The molecular weight excluding hydrogens is 302 g/mol. The van der Waals surface area contributed by atoms with Crippen molar-refractivity contribution >= 4 is 17.5 Å². The summed E-state index contributed by atoms with van der Waals surface area (Å²) in [6.07, 6.45) is -0.437. The maximum Gasteiger partial charge on any atom is 0.407 e. The first-order valence-electron chi connectivity index (χ1n) is 7.69. The van der Waals surface area contributed by atoms with E-state index in [2.05, 4.69) is 16.7 Å². The molecule has 5 nitrogen and oxygen atoms in total. The molecule has 124 valence electrons. The summed E-state index contributed by atoms with van der Waals surface area (Å²) >= 11 is 0. The van der Waals surface area contributed by atoms with Crippen molar-refractivity contribution in [2.24, 2.45) is 0 Å². The lowest BCUT2D eigenvalue weighted by Crippen LogP contribution is -2.32. The summed E-state index contributed by atoms with van der Waals surface area (Å²) in [5.74, 6) is 0. The Balaban J connectivity index is 1.94. The van der Waals surface area contributed by atoms with Crippen LogP contribution in [0, 0.1) is 11.3 Å². The zero-order valence-electron chi connectivity index (χ0n) is 14.1. The lowest BCUT2D eigenvalue weighted by atomic mass is 10.1. The number of benzene rings is 2. The van der Waals surface area contributed by atoms with Gasteiger partial charge in [0.2, 0.25) is 0 Å². The number of nitriles is 1. The summed E-state index contributed by atoms with van der Waals surface area (Å²) in [5.41, 5.74) is 2.68. The average Bonchev–Trinajstić information content (AvgIpc) is 2.53. The van der Waals surface area contributed by atoms with E-state index in [1.807, 2.05) is 63.2 Å². The highest BCUT2D eigenvalue weighted by atomic mass is 16.6. The molecule has 0 aliphatic rings. The van der Waals surface area contributed by atoms with Crippen molar-refractivity contribution < 1.29 is 9.53 Å². The van der Waals surface area contributed by atoms with Crippen LogP contribution >= 0.6 is 0 Å². The van der Waals surface area contributed by atoms with Gasteiger partial charge >= 0.3 is 6.09 Å². The summed E-state index contributed by atoms with van der Waals surface area (Å²) in [6.45, 7) is 5.87. The van der Waals surface area contributed by atoms with E-state index in [1.165, 1.54) is 0 Å². The smallest absolute Gasteiger partial charge is 0.407 e. The Bertz CT molecular complexity index is 740. The van der Waals surface area contributed by atoms with Gasteiger partial charge in [0.15, 0.2) is 0 Å². The van der Waals surface area contributed by atoms with Crippen molar-refractivity contribution in [2.75, 3.05) is 5.32 Å². The Morgan fingerprint density at radius 3 is 2.42 bits per heavy atom. The zero-order valence-corrected chi connectivity index (χ0v) is 14.1. The maximum absolute atomic E-state index is 11.6. The van der Waals surface area contributed by atoms with Crippen LogP contribution < -0.4 is 10.6 Å². The van der Waals surface area contributed by atoms with Gasteiger partial charge in [-0.05, 0) is 50.6 Å². The fourth-order valence-corrected chi connectivity index (χ4v) is 2.04. The normalized spacial score (nSPS) is 10.6. The monoisotopic (exact) mass is 323 g/mol. The predicted octanol–water partition coefficient (Wildman–Crippen LogP) is 4.33. The Morgan fingerprint density at radius 2 is 1.79 bits per heavy atom. The minimum Gasteiger partial charge on any atom is -0.444 e. The third kappa shape index (κ3) is 5.33. The van der Waals surface area contributed by atoms with E-state index >= 15 is 0 Å². The Hall–Kier alpha value is -3.00. The largest absolute Gasteiger partial charge is 0.444 e. The second-order valence-electron chi connectivity index (χ2n) is 6.33. The van der Waals surface area contributed by atoms with Crippen LogP contribution in [-0.4, -0.2) is 11.7 Å². The molecule has 0 heterocycles. The van der Waals surface area contributed by atoms with Crippen LogP contribution in [0.15, 0.2) is 48.5 Å². The molecule has 0 aliphatic carbocycles. The summed E-state index contributed by atoms with van der Waals surface area (Å²) in [7, 11) is 0. The van der Waals surface area contributed by atoms with Crippen molar-refractivity contribution in [3.8, 4) is 6.07 Å². The molecule has 2 aromatic rings. The van der Waals surface area contributed by atoms with Crippen molar-refractivity contribution in [2.45, 2.75) is 32.9 Å². The first-order valence-corrected chi connectivity index (χ1v) is 7.69. The van der Waals surface area contributed by atoms with Crippen LogP contribution in [0.1, 0.15) is 31.9 Å². The number of hydrogen-bond donors (Lipinski definition) is 2. The zero-order chi connectivity index (χ0) is 17.6. The number of carbonyl (C=O) groups is 1. The Morgan fingerprint density at radius 1 is 1.12 bits per heavy atom. The number of nitrogens with zero attached hydrogens (tertiary/aromatic N) is 1. The van der Waals surface area contributed by atoms with Gasteiger partial charge in [0, 0.05) is 12.2 Å². The third-order valence-corrected chi connectivity index (χ3v) is 3.12. The van der Waals surface area contributed by atoms with Gasteiger partial charge in [-0.25, -0.2) is 4.79 Å². The molecule has 0 bridgehead atoms. The Labute approximate surface area is 142 Å². The lowest BCUT2D eigenvalue weighted by Gasteiger charge is -2.19. The fraction of sp³-hybridized carbons (Fsp3) is 0.263. The highest BCUT2D eigenvalue weighted by Crippen LogP contribution is 2.20. The minimum absolute atomic E-state index is 0.393. The van der Waals surface area contributed by atoms with E-state index in [0.29, 0.717) is 12.1 Å². The summed E-state index contributed by atoms with van der Waals surface area (Å²) in [4.78, 5) is 11.6. The van der Waals surface area contributed by atoms with Crippen LogP contribution in [0.2, 0.25) is 0 Å². The standard InChI is InChI=1S/C19H21N3O2/c1-19(2,3)24-18(23)21-13-14-8-10-16(11-9-14)22-17-7-5-4-6-15(17)12-20/h4-11,22H,13H2,1-3H3,(H,21,23). The quantitative estimate of drug-likeness (QED) is 0.878. The van der Waals surface area contributed by atoms with Crippen LogP contribution in [0.3, 0.4) is 0 Å². The van der Waals surface area contributed by atoms with Gasteiger partial charge < -0.3 is 15.4 Å². The molecule has 0 saturated carbocycles. The molecule has 24 heavy (non-hydrogen) atoms. The average molecular weight is 323 g/mol. The van der Waals surface area contributed by atoms with Gasteiger partial charge in [-0.2, -0.15) is 5.26 Å². The van der Waals surface area contributed by atoms with Gasteiger partial charge in [-0.15, -0.1) is 0 Å². The highest BCUT2D eigenvalue weighted by molar-refractivity contribution is 5.68. The van der Waals surface area contributed by atoms with Crippen molar-refractivity contribution in [1.29, 1.82) is 5.26 Å². The first kappa shape index (κ1) is 17.4. The number of anilines is 2. The molecule has 2 N–H and O–H groups in total. The number of nitrogens with one attached hydrogen (secondary N) is 2. The van der Waals surface area contributed by atoms with E-state index in [9.17, 15) is 4.79 Å². The molecule has 0 unspecified atom stereocenters. The van der Waals surface area contributed by atoms with Gasteiger partial charge in [0.05, 0.1) is 11.3 Å². The maximum atomic E-state index is 11.6. The molecule has 0 saturated heterocycles. The Kier molecular flexibility index (Phi) is 5.43. The topological polar surface area (TPSA) is 74.2 Å². The highest BCUT2D eigenvalue weighted by Gasteiger charge is 2.15. The second-order valence-corrected chi connectivity index (χ2v) is 6.33.